The van der Waals surface area contributed by atoms with Gasteiger partial charge in [0.05, 0.1) is 13.2 Å². The van der Waals surface area contributed by atoms with E-state index in [9.17, 15) is 45.7 Å². The Morgan fingerprint density at radius 2 is 1.06 bits per heavy atom. The van der Waals surface area contributed by atoms with E-state index in [1.807, 2.05) is 0 Å². The molecular weight excluding hydrogens is 634 g/mol. The van der Waals surface area contributed by atoms with Crippen LogP contribution in [0, 0.1) is 0 Å². The first-order valence-electron chi connectivity index (χ1n) is 7.69. The maximum absolute atomic E-state index is 10.9. The van der Waals surface area contributed by atoms with Crippen molar-refractivity contribution in [3.05, 3.63) is 23.0 Å². The van der Waals surface area contributed by atoms with Crippen molar-refractivity contribution in [3.8, 4) is 0 Å². The summed E-state index contributed by atoms with van der Waals surface area (Å²) in [5, 5.41) is 53.6. The van der Waals surface area contributed by atoms with E-state index in [1.165, 1.54) is 0 Å². The van der Waals surface area contributed by atoms with Gasteiger partial charge >= 0.3 is 60.8 Å². The molecule has 2 aliphatic rings. The molecule has 4 atom stereocenters. The summed E-state index contributed by atoms with van der Waals surface area (Å²) in [6.45, 7) is -1.70. The first kappa shape index (κ1) is 31.9. The normalized spacial score (nSPS) is 22.5. The molecule has 0 aromatic carbocycles. The summed E-state index contributed by atoms with van der Waals surface area (Å²) in [5.41, 5.74) is 0. The maximum atomic E-state index is 10.9. The van der Waals surface area contributed by atoms with Crippen LogP contribution in [0.3, 0.4) is 0 Å². The van der Waals surface area contributed by atoms with E-state index in [2.05, 4.69) is 17.8 Å². The van der Waals surface area contributed by atoms with Crippen LogP contribution in [0.4, 0.5) is 0 Å². The molecule has 21 heteroatoms. The van der Waals surface area contributed by atoms with Crippen molar-refractivity contribution >= 4 is 81.6 Å². The molecule has 0 spiro atoms. The largest absolute Gasteiger partial charge is 2.00 e. The van der Waals surface area contributed by atoms with Crippen LogP contribution < -0.4 is 0 Å². The summed E-state index contributed by atoms with van der Waals surface area (Å²) in [5.74, 6) is -7.40. The minimum absolute atomic E-state index is 0. The number of aliphatic hydroxyl groups is 6. The van der Waals surface area contributed by atoms with E-state index in [-0.39, 0.29) is 48.9 Å². The predicted molar refractivity (Wildman–Crippen MR) is 92.6 cm³/mol. The number of aliphatic hydroxyl groups excluding tert-OH is 6. The first-order valence-corrected chi connectivity index (χ1v) is 10.4. The second kappa shape index (κ2) is 12.5. The van der Waals surface area contributed by atoms with Gasteiger partial charge in [0.1, 0.15) is 12.2 Å². The van der Waals surface area contributed by atoms with Crippen LogP contribution in [-0.4, -0.2) is 155 Å². The van der Waals surface area contributed by atoms with E-state index in [4.69, 9.17) is 20.4 Å². The number of ether oxygens (including phenoxy) is 2. The standard InChI is InChI=1S/2C6H8O9S.Ba/c2*7-1-2(8)4-3(9)5(6(10)14-4)15-16(11,12)13;/h2*2,4,7-9H,1H2,(H,11,12,13);/q;;+2/p-2/t2*2-,4+;/m00./s1. The van der Waals surface area contributed by atoms with E-state index in [0.29, 0.717) is 0 Å². The molecule has 33 heavy (non-hydrogen) atoms. The average Bonchev–Trinajstić information content (AvgIpc) is 3.10. The monoisotopic (exact) mass is 648 g/mol. The molecule has 0 amide bonds. The molecule has 0 aromatic heterocycles. The molecule has 0 aliphatic carbocycles. The van der Waals surface area contributed by atoms with E-state index < -0.39 is 93.4 Å². The summed E-state index contributed by atoms with van der Waals surface area (Å²) >= 11 is 0. The zero-order valence-electron chi connectivity index (χ0n) is 15.8. The topological polar surface area (TPSA) is 307 Å². The van der Waals surface area contributed by atoms with Crippen molar-refractivity contribution in [2.24, 2.45) is 0 Å². The summed E-state index contributed by atoms with van der Waals surface area (Å²) in [6, 6.07) is 0. The quantitative estimate of drug-likeness (QED) is 0.0620. The third-order valence-corrected chi connectivity index (χ3v) is 4.03. The van der Waals surface area contributed by atoms with E-state index >= 15 is 0 Å². The van der Waals surface area contributed by atoms with Crippen molar-refractivity contribution in [3.63, 3.8) is 0 Å². The molecule has 2 heterocycles. The van der Waals surface area contributed by atoms with Gasteiger partial charge in [-0.05, 0) is 0 Å². The third-order valence-electron chi connectivity index (χ3n) is 3.29. The molecule has 0 fully saturated rings. The Morgan fingerprint density at radius 3 is 1.27 bits per heavy atom. The zero-order chi connectivity index (χ0) is 25.0. The van der Waals surface area contributed by atoms with Crippen molar-refractivity contribution in [1.29, 1.82) is 0 Å². The Bertz CT molecular complexity index is 931. The Hall–Kier alpha value is -1.15. The van der Waals surface area contributed by atoms with Crippen molar-refractivity contribution in [1.82, 2.24) is 0 Å². The SMILES string of the molecule is O=C1O[C@H]([C@@H](O)CO)C(O)=C1OS(=O)(=O)[O-].O=C1O[C@H]([C@@H](O)CO)C(O)=C1OS(=O)(=O)[O-].[Ba+2]. The van der Waals surface area contributed by atoms with Crippen molar-refractivity contribution < 1.29 is 84.0 Å². The summed E-state index contributed by atoms with van der Waals surface area (Å²) < 4.78 is 76.9. The fourth-order valence-electron chi connectivity index (χ4n) is 1.99. The Morgan fingerprint density at radius 1 is 0.788 bits per heavy atom. The van der Waals surface area contributed by atoms with Gasteiger partial charge in [-0.2, -0.15) is 0 Å². The van der Waals surface area contributed by atoms with Gasteiger partial charge < -0.3 is 57.6 Å². The van der Waals surface area contributed by atoms with E-state index in [0.717, 1.165) is 0 Å². The van der Waals surface area contributed by atoms with Gasteiger partial charge in [-0.3, -0.25) is 0 Å². The molecule has 2 rings (SSSR count). The van der Waals surface area contributed by atoms with Gasteiger partial charge in [-0.25, -0.2) is 26.4 Å². The first-order chi connectivity index (χ1) is 14.5. The van der Waals surface area contributed by atoms with Crippen LogP contribution in [0.15, 0.2) is 23.0 Å². The molecule has 0 radical (unpaired) electrons. The molecule has 0 saturated heterocycles. The minimum Gasteiger partial charge on any atom is -0.716 e. The van der Waals surface area contributed by atoms with Crippen LogP contribution in [0.1, 0.15) is 0 Å². The number of carbonyl (C=O) groups excluding carboxylic acids is 2. The maximum Gasteiger partial charge on any atom is 2.00 e. The number of cyclic esters (lactones) is 2. The van der Waals surface area contributed by atoms with Gasteiger partial charge in [0.2, 0.25) is 0 Å². The molecular formula is C12H14BaO18S2. The van der Waals surface area contributed by atoms with E-state index in [1.54, 1.807) is 0 Å². The van der Waals surface area contributed by atoms with Crippen molar-refractivity contribution in [2.75, 3.05) is 13.2 Å². The average molecular weight is 648 g/mol. The van der Waals surface area contributed by atoms with Gasteiger partial charge in [0.15, 0.2) is 23.7 Å². The van der Waals surface area contributed by atoms with Gasteiger partial charge in [-0.15, -0.1) is 0 Å². The third kappa shape index (κ3) is 9.19. The minimum atomic E-state index is -5.24. The number of hydrogen-bond donors (Lipinski definition) is 6. The van der Waals surface area contributed by atoms with Crippen LogP contribution >= 0.6 is 0 Å². The van der Waals surface area contributed by atoms with Crippen molar-refractivity contribution in [2.45, 2.75) is 24.4 Å². The molecule has 0 saturated carbocycles. The summed E-state index contributed by atoms with van der Waals surface area (Å²) in [4.78, 5) is 21.9. The second-order valence-corrected chi connectivity index (χ2v) is 7.53. The fourth-order valence-corrected chi connectivity index (χ4v) is 2.70. The van der Waals surface area contributed by atoms with Gasteiger partial charge in [-0.1, -0.05) is 0 Å². The van der Waals surface area contributed by atoms with Crippen LogP contribution in [0.2, 0.25) is 0 Å². The van der Waals surface area contributed by atoms with Gasteiger partial charge in [0.25, 0.3) is 32.3 Å². The fraction of sp³-hybridized carbons (Fsp3) is 0.500. The number of rotatable bonds is 8. The van der Waals surface area contributed by atoms with Gasteiger partial charge in [0, 0.05) is 0 Å². The second-order valence-electron chi connectivity index (χ2n) is 5.56. The Balaban J connectivity index is 0.000000602. The molecule has 184 valence electrons. The molecule has 2 aliphatic heterocycles. The smallest absolute Gasteiger partial charge is 0.716 e. The van der Waals surface area contributed by atoms with Crippen LogP contribution in [-0.2, 0) is 48.2 Å². The molecule has 0 unspecified atom stereocenters. The summed E-state index contributed by atoms with van der Waals surface area (Å²) in [6.07, 6.45) is -6.62. The number of hydrogen-bond acceptors (Lipinski definition) is 18. The van der Waals surface area contributed by atoms with Crippen LogP contribution in [0.25, 0.3) is 0 Å². The molecule has 6 N–H and O–H groups in total. The zero-order valence-corrected chi connectivity index (χ0v) is 21.9. The molecule has 0 aromatic rings. The number of esters is 2. The Kier molecular flexibility index (Phi) is 12.1. The molecule has 0 bridgehead atoms. The summed E-state index contributed by atoms with van der Waals surface area (Å²) in [7, 11) is -10.5. The predicted octanol–water partition coefficient (Wildman–Crippen LogP) is -5.36. The number of carbonyl (C=O) groups is 2. The molecule has 18 nitrogen and oxygen atoms in total. The van der Waals surface area contributed by atoms with Crippen LogP contribution in [0.5, 0.6) is 0 Å². The Labute approximate surface area is 224 Å².